The molecule has 1 amide bonds. The van der Waals surface area contributed by atoms with E-state index in [9.17, 15) is 36.4 Å². The number of nitriles is 1. The smallest absolute Gasteiger partial charge is 0.325 e. The molecule has 178 valence electrons. The Hall–Kier alpha value is -3.91. The number of carbonyl (C=O) groups excluding carboxylic acids is 1. The molecule has 35 heavy (non-hydrogen) atoms. The summed E-state index contributed by atoms with van der Waals surface area (Å²) in [6, 6.07) is 12.8. The molecular weight excluding hydrogens is 498 g/mol. The molecular formula is C23H11ClF6N4O. The normalized spacial score (nSPS) is 13.0. The molecule has 0 bridgehead atoms. The fourth-order valence-corrected chi connectivity index (χ4v) is 3.65. The van der Waals surface area contributed by atoms with E-state index in [4.69, 9.17) is 11.6 Å². The van der Waals surface area contributed by atoms with E-state index in [1.165, 1.54) is 0 Å². The Kier molecular flexibility index (Phi) is 6.02. The number of halogens is 7. The second-order valence-corrected chi connectivity index (χ2v) is 7.79. The Bertz CT molecular complexity index is 1480. The number of anilines is 1. The molecule has 0 saturated carbocycles. The monoisotopic (exact) mass is 508 g/mol. The van der Waals surface area contributed by atoms with E-state index in [1.807, 2.05) is 17.4 Å². The van der Waals surface area contributed by atoms with Crippen LogP contribution in [0.15, 0.2) is 54.6 Å². The minimum absolute atomic E-state index is 0.0760. The third kappa shape index (κ3) is 4.97. The molecule has 4 aromatic rings. The van der Waals surface area contributed by atoms with Gasteiger partial charge in [-0.25, -0.2) is 9.97 Å². The van der Waals surface area contributed by atoms with Crippen molar-refractivity contribution in [2.75, 3.05) is 5.32 Å². The van der Waals surface area contributed by atoms with E-state index in [2.05, 4.69) is 9.97 Å². The number of hydrogen-bond donors (Lipinski definition) is 1. The highest BCUT2D eigenvalue weighted by molar-refractivity contribution is 6.30. The lowest BCUT2D eigenvalue weighted by atomic mass is 10.0. The van der Waals surface area contributed by atoms with Crippen LogP contribution in [0.25, 0.3) is 21.8 Å². The van der Waals surface area contributed by atoms with Crippen LogP contribution in [0.1, 0.15) is 22.7 Å². The van der Waals surface area contributed by atoms with Gasteiger partial charge in [0.15, 0.2) is 11.1 Å². The maximum Gasteiger partial charge on any atom is 0.416 e. The first-order valence-corrected chi connectivity index (χ1v) is 10.1. The maximum absolute atomic E-state index is 13.1. The lowest BCUT2D eigenvalue weighted by Gasteiger charge is -2.16. The summed E-state index contributed by atoms with van der Waals surface area (Å²) in [6.07, 6.45) is -10.2. The summed E-state index contributed by atoms with van der Waals surface area (Å²) >= 11 is 6.14. The number of aromatic nitrogens is 2. The number of nitrogens with one attached hydrogen (secondary N) is 1. The van der Waals surface area contributed by atoms with Crippen molar-refractivity contribution >= 4 is 45.0 Å². The number of amides is 1. The Morgan fingerprint density at radius 2 is 1.40 bits per heavy atom. The van der Waals surface area contributed by atoms with Gasteiger partial charge in [0, 0.05) is 5.69 Å². The minimum atomic E-state index is -5.11. The largest absolute Gasteiger partial charge is 0.416 e. The van der Waals surface area contributed by atoms with Crippen LogP contribution in [0.5, 0.6) is 0 Å². The number of rotatable bonds is 3. The summed E-state index contributed by atoms with van der Waals surface area (Å²) in [4.78, 5) is 21.1. The number of alkyl halides is 6. The van der Waals surface area contributed by atoms with E-state index >= 15 is 0 Å². The van der Waals surface area contributed by atoms with Crippen LogP contribution >= 0.6 is 11.6 Å². The highest BCUT2D eigenvalue weighted by atomic mass is 35.5. The molecule has 0 fully saturated rings. The highest BCUT2D eigenvalue weighted by Gasteiger charge is 2.37. The molecule has 0 aliphatic carbocycles. The van der Waals surface area contributed by atoms with Crippen molar-refractivity contribution in [1.82, 2.24) is 9.97 Å². The predicted molar refractivity (Wildman–Crippen MR) is 115 cm³/mol. The third-order valence-electron chi connectivity index (χ3n) is 5.03. The summed E-state index contributed by atoms with van der Waals surface area (Å²) < 4.78 is 78.6. The average Bonchev–Trinajstić information content (AvgIpc) is 2.77. The van der Waals surface area contributed by atoms with Crippen LogP contribution in [0.4, 0.5) is 32.0 Å². The summed E-state index contributed by atoms with van der Waals surface area (Å²) in [6.45, 7) is 0. The van der Waals surface area contributed by atoms with E-state index in [1.54, 1.807) is 30.3 Å². The van der Waals surface area contributed by atoms with Crippen molar-refractivity contribution in [1.29, 1.82) is 5.26 Å². The topological polar surface area (TPSA) is 78.7 Å². The van der Waals surface area contributed by atoms with Crippen molar-refractivity contribution in [3.05, 3.63) is 76.6 Å². The molecule has 5 nitrogen and oxygen atoms in total. The van der Waals surface area contributed by atoms with Crippen molar-refractivity contribution < 1.29 is 31.1 Å². The summed E-state index contributed by atoms with van der Waals surface area (Å²) in [5.41, 5.74) is -3.68. The van der Waals surface area contributed by atoms with E-state index < -0.39 is 41.0 Å². The zero-order chi connectivity index (χ0) is 25.5. The molecule has 0 saturated heterocycles. The Morgan fingerprint density at radius 1 is 0.886 bits per heavy atom. The molecule has 4 rings (SSSR count). The number of fused-ring (bicyclic) bond motifs is 2. The fourth-order valence-electron chi connectivity index (χ4n) is 3.40. The Labute approximate surface area is 198 Å². The molecule has 0 radical (unpaired) electrons. The lowest BCUT2D eigenvalue weighted by molar-refractivity contribution is -0.143. The molecule has 1 aromatic heterocycles. The molecule has 12 heteroatoms. The highest BCUT2D eigenvalue weighted by Crippen LogP contribution is 2.38. The zero-order valence-corrected chi connectivity index (χ0v) is 17.9. The van der Waals surface area contributed by atoms with Gasteiger partial charge in [0.25, 0.3) is 0 Å². The average molecular weight is 509 g/mol. The molecule has 1 N–H and O–H groups in total. The van der Waals surface area contributed by atoms with Crippen molar-refractivity contribution in [3.8, 4) is 6.07 Å². The third-order valence-corrected chi connectivity index (χ3v) is 5.31. The standard InChI is InChI=1S/C23H11ClF6N4O/c24-20-19(33-17-5-11-3-1-2-4-12(11)6-18(17)34-20)16(10-31)21(35)32-15-8-13(22(25,26)27)7-14(9-15)23(28,29)30/h1-9,16H,(H,32,35). The van der Waals surface area contributed by atoms with E-state index in [0.717, 1.165) is 10.8 Å². The molecule has 0 spiro atoms. The van der Waals surface area contributed by atoms with Crippen LogP contribution in [-0.4, -0.2) is 15.9 Å². The summed E-state index contributed by atoms with van der Waals surface area (Å²) in [5.74, 6) is -2.99. The van der Waals surface area contributed by atoms with Crippen molar-refractivity contribution in [2.24, 2.45) is 0 Å². The van der Waals surface area contributed by atoms with Gasteiger partial charge in [0.2, 0.25) is 5.91 Å². The van der Waals surface area contributed by atoms with E-state index in [-0.39, 0.29) is 22.4 Å². The Balaban J connectivity index is 1.73. The zero-order valence-electron chi connectivity index (χ0n) is 17.2. The second kappa shape index (κ2) is 8.70. The van der Waals surface area contributed by atoms with Gasteiger partial charge in [-0.1, -0.05) is 35.9 Å². The number of carbonyl (C=O) groups is 1. The first-order valence-electron chi connectivity index (χ1n) is 9.73. The quantitative estimate of drug-likeness (QED) is 0.246. The van der Waals surface area contributed by atoms with Gasteiger partial charge in [-0.2, -0.15) is 31.6 Å². The molecule has 0 aliphatic heterocycles. The van der Waals surface area contributed by atoms with Crippen molar-refractivity contribution in [3.63, 3.8) is 0 Å². The van der Waals surface area contributed by atoms with Gasteiger partial charge in [-0.05, 0) is 41.1 Å². The number of benzene rings is 3. The second-order valence-electron chi connectivity index (χ2n) is 7.43. The summed E-state index contributed by atoms with van der Waals surface area (Å²) in [7, 11) is 0. The van der Waals surface area contributed by atoms with Gasteiger partial charge >= 0.3 is 12.4 Å². The molecule has 0 aliphatic rings. The van der Waals surface area contributed by atoms with Gasteiger partial charge in [-0.15, -0.1) is 0 Å². The number of nitrogens with zero attached hydrogens (tertiary/aromatic N) is 3. The van der Waals surface area contributed by atoms with Gasteiger partial charge in [-0.3, -0.25) is 4.79 Å². The first-order chi connectivity index (χ1) is 16.4. The van der Waals surface area contributed by atoms with Gasteiger partial charge < -0.3 is 5.32 Å². The van der Waals surface area contributed by atoms with Crippen molar-refractivity contribution in [2.45, 2.75) is 18.3 Å². The predicted octanol–water partition coefficient (Wildman–Crippen LogP) is 6.72. The molecule has 3 aromatic carbocycles. The summed E-state index contributed by atoms with van der Waals surface area (Å²) in [5, 5.41) is 12.8. The van der Waals surface area contributed by atoms with Crippen LogP contribution in [-0.2, 0) is 17.1 Å². The maximum atomic E-state index is 13.1. The lowest BCUT2D eigenvalue weighted by Crippen LogP contribution is -2.22. The van der Waals surface area contributed by atoms with E-state index in [0.29, 0.717) is 17.6 Å². The fraction of sp³-hybridized carbons (Fsp3) is 0.130. The number of hydrogen-bond acceptors (Lipinski definition) is 4. The van der Waals surface area contributed by atoms with Crippen LogP contribution in [0.3, 0.4) is 0 Å². The molecule has 1 heterocycles. The first kappa shape index (κ1) is 24.2. The molecule has 1 atom stereocenters. The Morgan fingerprint density at radius 3 is 1.89 bits per heavy atom. The SMILES string of the molecule is N#CC(C(=O)Nc1cc(C(F)(F)F)cc(C(F)(F)F)c1)c1nc2cc3ccccc3cc2nc1Cl. The van der Waals surface area contributed by atoms with Crippen LogP contribution in [0, 0.1) is 11.3 Å². The minimum Gasteiger partial charge on any atom is -0.325 e. The molecule has 1 unspecified atom stereocenters. The van der Waals surface area contributed by atoms with Crippen LogP contribution < -0.4 is 5.32 Å². The van der Waals surface area contributed by atoms with Crippen LogP contribution in [0.2, 0.25) is 5.15 Å². The van der Waals surface area contributed by atoms with Gasteiger partial charge in [0.05, 0.1) is 28.2 Å². The van der Waals surface area contributed by atoms with Gasteiger partial charge in [0.1, 0.15) is 5.69 Å².